The minimum Gasteiger partial charge on any atom is -0.306 e. The zero-order valence-corrected chi connectivity index (χ0v) is 17.5. The van der Waals surface area contributed by atoms with Gasteiger partial charge in [0.2, 0.25) is 5.91 Å². The van der Waals surface area contributed by atoms with Crippen molar-refractivity contribution in [1.29, 1.82) is 0 Å². The first-order chi connectivity index (χ1) is 13.8. The number of amides is 2. The Morgan fingerprint density at radius 2 is 1.72 bits per heavy atom. The van der Waals surface area contributed by atoms with Crippen LogP contribution in [0.3, 0.4) is 0 Å². The highest BCUT2D eigenvalue weighted by atomic mass is 16.2. The van der Waals surface area contributed by atoms with Crippen LogP contribution in [0.5, 0.6) is 0 Å². The van der Waals surface area contributed by atoms with Crippen LogP contribution in [0.1, 0.15) is 63.2 Å². The van der Waals surface area contributed by atoms with Gasteiger partial charge in [-0.15, -0.1) is 0 Å². The van der Waals surface area contributed by atoms with E-state index in [2.05, 4.69) is 15.3 Å². The van der Waals surface area contributed by atoms with Crippen LogP contribution in [-0.4, -0.2) is 44.8 Å². The molecule has 2 aromatic rings. The van der Waals surface area contributed by atoms with Crippen molar-refractivity contribution >= 4 is 22.8 Å². The molecule has 6 nitrogen and oxygen atoms in total. The molecular weight excluding hydrogens is 364 g/mol. The summed E-state index contributed by atoms with van der Waals surface area (Å²) >= 11 is 0. The Bertz CT molecular complexity index is 920. The van der Waals surface area contributed by atoms with E-state index < -0.39 is 5.54 Å². The fraction of sp³-hybridized carbons (Fsp3) is 0.565. The Hall–Kier alpha value is -2.34. The minimum atomic E-state index is -0.615. The summed E-state index contributed by atoms with van der Waals surface area (Å²) in [5, 5.41) is 3.44. The average Bonchev–Trinajstić information content (AvgIpc) is 2.72. The number of benzene rings is 1. The highest BCUT2D eigenvalue weighted by Gasteiger charge is 2.41. The highest BCUT2D eigenvalue weighted by Crippen LogP contribution is 2.36. The van der Waals surface area contributed by atoms with E-state index in [4.69, 9.17) is 0 Å². The van der Waals surface area contributed by atoms with Crippen molar-refractivity contribution in [2.24, 2.45) is 11.8 Å². The number of rotatable bonds is 2. The maximum absolute atomic E-state index is 13.5. The van der Waals surface area contributed by atoms with Crippen molar-refractivity contribution < 1.29 is 9.59 Å². The first kappa shape index (κ1) is 20.0. The molecule has 2 amide bonds. The Labute approximate surface area is 172 Å². The summed E-state index contributed by atoms with van der Waals surface area (Å²) in [6, 6.07) is 4.95. The molecule has 29 heavy (non-hydrogen) atoms. The van der Waals surface area contributed by atoms with Crippen LogP contribution in [0.2, 0.25) is 0 Å². The van der Waals surface area contributed by atoms with E-state index >= 15 is 0 Å². The number of piperidine rings is 1. The fourth-order valence-corrected chi connectivity index (χ4v) is 4.85. The van der Waals surface area contributed by atoms with Crippen molar-refractivity contribution in [2.75, 3.05) is 6.54 Å². The maximum atomic E-state index is 13.5. The summed E-state index contributed by atoms with van der Waals surface area (Å²) in [5.41, 5.74) is 1.24. The SMILES string of the molecule is CC(C)(C)N(C(=O)c1ccc2nccnc2c1)C(=O)C1C[C@@H]2CCCC[C@@H]2CN1. The molecule has 0 radical (unpaired) electrons. The first-order valence-corrected chi connectivity index (χ1v) is 10.7. The second kappa shape index (κ2) is 7.82. The van der Waals surface area contributed by atoms with E-state index in [1.807, 2.05) is 20.8 Å². The molecule has 154 valence electrons. The zero-order valence-electron chi connectivity index (χ0n) is 17.5. The lowest BCUT2D eigenvalue weighted by molar-refractivity contribution is -0.136. The summed E-state index contributed by atoms with van der Waals surface area (Å²) in [6.07, 6.45) is 9.05. The number of nitrogens with one attached hydrogen (secondary N) is 1. The van der Waals surface area contributed by atoms with E-state index in [0.717, 1.165) is 18.5 Å². The lowest BCUT2D eigenvalue weighted by Gasteiger charge is -2.42. The van der Waals surface area contributed by atoms with Gasteiger partial charge < -0.3 is 5.32 Å². The molecule has 1 aromatic carbocycles. The van der Waals surface area contributed by atoms with Gasteiger partial charge in [-0.1, -0.05) is 19.3 Å². The quantitative estimate of drug-likeness (QED) is 0.788. The molecule has 1 saturated heterocycles. The number of aromatic nitrogens is 2. The van der Waals surface area contributed by atoms with Crippen molar-refractivity contribution in [3.05, 3.63) is 36.2 Å². The van der Waals surface area contributed by atoms with Crippen LogP contribution in [0.15, 0.2) is 30.6 Å². The van der Waals surface area contributed by atoms with Gasteiger partial charge in [-0.25, -0.2) is 0 Å². The summed E-state index contributed by atoms with van der Waals surface area (Å²) in [7, 11) is 0. The van der Waals surface area contributed by atoms with Crippen LogP contribution in [0.4, 0.5) is 0 Å². The van der Waals surface area contributed by atoms with Crippen LogP contribution < -0.4 is 5.32 Å². The van der Waals surface area contributed by atoms with Gasteiger partial charge in [-0.05, 0) is 70.2 Å². The van der Waals surface area contributed by atoms with Crippen LogP contribution >= 0.6 is 0 Å². The number of carbonyl (C=O) groups is 2. The molecule has 4 rings (SSSR count). The second-order valence-electron chi connectivity index (χ2n) is 9.41. The van der Waals surface area contributed by atoms with Gasteiger partial charge in [-0.3, -0.25) is 24.5 Å². The lowest BCUT2D eigenvalue weighted by Crippen LogP contribution is -2.59. The Morgan fingerprint density at radius 1 is 1.03 bits per heavy atom. The normalized spacial score (nSPS) is 24.7. The van der Waals surface area contributed by atoms with Gasteiger partial charge in [0.15, 0.2) is 0 Å². The molecule has 1 aliphatic heterocycles. The summed E-state index contributed by atoms with van der Waals surface area (Å²) in [6.45, 7) is 6.61. The predicted molar refractivity (Wildman–Crippen MR) is 112 cm³/mol. The Morgan fingerprint density at radius 3 is 2.45 bits per heavy atom. The number of nitrogens with zero attached hydrogens (tertiary/aromatic N) is 3. The largest absolute Gasteiger partial charge is 0.306 e. The predicted octanol–water partition coefficient (Wildman–Crippen LogP) is 3.57. The van der Waals surface area contributed by atoms with Gasteiger partial charge in [0, 0.05) is 23.5 Å². The molecule has 2 heterocycles. The topological polar surface area (TPSA) is 75.2 Å². The number of imide groups is 1. The van der Waals surface area contributed by atoms with Crippen molar-refractivity contribution in [3.63, 3.8) is 0 Å². The first-order valence-electron chi connectivity index (χ1n) is 10.7. The van der Waals surface area contributed by atoms with E-state index in [-0.39, 0.29) is 17.9 Å². The van der Waals surface area contributed by atoms with Crippen molar-refractivity contribution in [1.82, 2.24) is 20.2 Å². The van der Waals surface area contributed by atoms with Crippen LogP contribution in [0, 0.1) is 11.8 Å². The summed E-state index contributed by atoms with van der Waals surface area (Å²) in [5.74, 6) is 0.867. The van der Waals surface area contributed by atoms with E-state index in [1.165, 1.54) is 30.6 Å². The molecule has 0 bridgehead atoms. The second-order valence-corrected chi connectivity index (χ2v) is 9.41. The molecule has 6 heteroatoms. The van der Waals surface area contributed by atoms with E-state index in [9.17, 15) is 9.59 Å². The summed E-state index contributed by atoms with van der Waals surface area (Å²) in [4.78, 5) is 36.9. The third-order valence-corrected chi connectivity index (χ3v) is 6.34. The van der Waals surface area contributed by atoms with Crippen molar-refractivity contribution in [2.45, 2.75) is 64.5 Å². The molecule has 2 fully saturated rings. The number of hydrogen-bond donors (Lipinski definition) is 1. The number of carbonyl (C=O) groups excluding carboxylic acids is 2. The number of fused-ring (bicyclic) bond motifs is 2. The van der Waals surface area contributed by atoms with Gasteiger partial charge in [0.1, 0.15) is 0 Å². The van der Waals surface area contributed by atoms with Gasteiger partial charge in [0.25, 0.3) is 5.91 Å². The third-order valence-electron chi connectivity index (χ3n) is 6.34. The van der Waals surface area contributed by atoms with Crippen molar-refractivity contribution in [3.8, 4) is 0 Å². The van der Waals surface area contributed by atoms with Gasteiger partial charge in [-0.2, -0.15) is 0 Å². The maximum Gasteiger partial charge on any atom is 0.261 e. The molecule has 1 unspecified atom stereocenters. The summed E-state index contributed by atoms with van der Waals surface area (Å²) < 4.78 is 0. The monoisotopic (exact) mass is 394 g/mol. The Balaban J connectivity index is 1.59. The zero-order chi connectivity index (χ0) is 20.6. The Kier molecular flexibility index (Phi) is 5.38. The molecular formula is C23H30N4O2. The highest BCUT2D eigenvalue weighted by molar-refractivity contribution is 6.07. The smallest absolute Gasteiger partial charge is 0.261 e. The standard InChI is InChI=1S/C23H30N4O2/c1-23(2,3)27(21(28)16-8-9-18-19(13-16)25-11-10-24-18)22(29)20-12-15-6-4-5-7-17(15)14-26-20/h8-11,13,15,17,20,26H,4-7,12,14H2,1-3H3/t15-,17+,20?/m0/s1. The van der Waals surface area contributed by atoms with E-state index in [1.54, 1.807) is 30.6 Å². The molecule has 1 N–H and O–H groups in total. The molecule has 1 saturated carbocycles. The molecule has 1 aromatic heterocycles. The average molecular weight is 395 g/mol. The van der Waals surface area contributed by atoms with Crippen LogP contribution in [-0.2, 0) is 4.79 Å². The fourth-order valence-electron chi connectivity index (χ4n) is 4.85. The van der Waals surface area contributed by atoms with Gasteiger partial charge >= 0.3 is 0 Å². The van der Waals surface area contributed by atoms with E-state index in [0.29, 0.717) is 22.9 Å². The molecule has 3 atom stereocenters. The lowest BCUT2D eigenvalue weighted by atomic mass is 9.73. The minimum absolute atomic E-state index is 0.120. The molecule has 1 aliphatic carbocycles. The third kappa shape index (κ3) is 4.04. The molecule has 0 spiro atoms. The number of hydrogen-bond acceptors (Lipinski definition) is 5. The van der Waals surface area contributed by atoms with Crippen LogP contribution in [0.25, 0.3) is 11.0 Å². The molecule has 2 aliphatic rings. The van der Waals surface area contributed by atoms with Gasteiger partial charge in [0.05, 0.1) is 17.1 Å².